The van der Waals surface area contributed by atoms with Gasteiger partial charge in [0.2, 0.25) is 0 Å². The van der Waals surface area contributed by atoms with Crippen LogP contribution in [-0.2, 0) is 16.3 Å². The zero-order valence-corrected chi connectivity index (χ0v) is 16.7. The molecule has 1 saturated heterocycles. The number of amides is 1. The molecule has 0 spiro atoms. The molecule has 2 aliphatic rings. The predicted molar refractivity (Wildman–Crippen MR) is 110 cm³/mol. The van der Waals surface area contributed by atoms with Crippen molar-refractivity contribution in [2.75, 3.05) is 23.0 Å². The third-order valence-electron chi connectivity index (χ3n) is 5.42. The molecule has 4 heterocycles. The second-order valence-electron chi connectivity index (χ2n) is 7.23. The molecule has 0 bridgehead atoms. The fraction of sp³-hybridized carbons (Fsp3) is 0.300. The number of carbonyl (C=O) groups is 1. The Hall–Kier alpha value is -2.45. The first-order valence-corrected chi connectivity index (χ1v) is 12.0. The van der Waals surface area contributed by atoms with Gasteiger partial charge in [-0.2, -0.15) is 5.10 Å². The molecular formula is C20H19N3O3S2. The third kappa shape index (κ3) is 2.97. The minimum Gasteiger partial charge on any atom is -0.306 e. The number of thiophene rings is 1. The molecule has 3 aromatic rings. The van der Waals surface area contributed by atoms with E-state index in [2.05, 4.69) is 5.10 Å². The molecular weight excluding hydrogens is 394 g/mol. The van der Waals surface area contributed by atoms with Crippen LogP contribution < -0.4 is 4.90 Å². The summed E-state index contributed by atoms with van der Waals surface area (Å²) in [6.45, 7) is 0.636. The van der Waals surface area contributed by atoms with Crippen molar-refractivity contribution >= 4 is 32.8 Å². The first-order chi connectivity index (χ1) is 13.5. The summed E-state index contributed by atoms with van der Waals surface area (Å²) in [5, 5.41) is 6.57. The van der Waals surface area contributed by atoms with Crippen molar-refractivity contribution in [1.29, 1.82) is 0 Å². The number of rotatable bonds is 3. The van der Waals surface area contributed by atoms with Crippen LogP contribution in [0.2, 0.25) is 0 Å². The lowest BCUT2D eigenvalue weighted by Gasteiger charge is -2.16. The number of hydrogen-bond donors (Lipinski definition) is 0. The molecule has 0 unspecified atom stereocenters. The summed E-state index contributed by atoms with van der Waals surface area (Å²) in [6.07, 6.45) is 1.36. The summed E-state index contributed by atoms with van der Waals surface area (Å²) in [6, 6.07) is 13.4. The maximum atomic E-state index is 13.2. The minimum absolute atomic E-state index is 0.0766. The van der Waals surface area contributed by atoms with E-state index in [0.717, 1.165) is 28.2 Å². The largest absolute Gasteiger partial charge is 0.306 e. The Morgan fingerprint density at radius 2 is 2.04 bits per heavy atom. The van der Waals surface area contributed by atoms with Crippen LogP contribution in [0.5, 0.6) is 0 Å². The summed E-state index contributed by atoms with van der Waals surface area (Å²) >= 11 is 1.56. The molecule has 0 saturated carbocycles. The number of nitrogens with zero attached hydrogens (tertiary/aromatic N) is 3. The van der Waals surface area contributed by atoms with E-state index in [4.69, 9.17) is 0 Å². The molecule has 144 valence electrons. The highest BCUT2D eigenvalue weighted by atomic mass is 32.2. The van der Waals surface area contributed by atoms with Crippen LogP contribution in [-0.4, -0.2) is 42.2 Å². The van der Waals surface area contributed by atoms with Gasteiger partial charge in [-0.25, -0.2) is 8.42 Å². The molecule has 0 aliphatic carbocycles. The Bertz CT molecular complexity index is 1150. The van der Waals surface area contributed by atoms with Gasteiger partial charge >= 0.3 is 0 Å². The van der Waals surface area contributed by atoms with Crippen molar-refractivity contribution in [3.8, 4) is 10.6 Å². The van der Waals surface area contributed by atoms with Gasteiger partial charge in [-0.3, -0.25) is 9.48 Å². The highest BCUT2D eigenvalue weighted by Crippen LogP contribution is 2.34. The minimum atomic E-state index is -3.05. The van der Waals surface area contributed by atoms with Gasteiger partial charge in [0.25, 0.3) is 5.91 Å². The molecule has 0 radical (unpaired) electrons. The van der Waals surface area contributed by atoms with Gasteiger partial charge in [-0.05, 0) is 42.0 Å². The Kier molecular flexibility index (Phi) is 4.13. The molecule has 1 aromatic carbocycles. The van der Waals surface area contributed by atoms with Gasteiger partial charge in [0.1, 0.15) is 0 Å². The van der Waals surface area contributed by atoms with Crippen molar-refractivity contribution in [3.05, 3.63) is 59.1 Å². The number of para-hydroxylation sites is 1. The van der Waals surface area contributed by atoms with E-state index in [0.29, 0.717) is 18.7 Å². The van der Waals surface area contributed by atoms with E-state index in [1.807, 2.05) is 41.8 Å². The molecule has 8 heteroatoms. The van der Waals surface area contributed by atoms with E-state index in [1.165, 1.54) is 0 Å². The molecule has 2 aliphatic heterocycles. The van der Waals surface area contributed by atoms with Gasteiger partial charge < -0.3 is 4.90 Å². The Morgan fingerprint density at radius 1 is 1.18 bits per heavy atom. The number of fused-ring (bicyclic) bond motifs is 1. The van der Waals surface area contributed by atoms with Crippen LogP contribution in [0.25, 0.3) is 10.6 Å². The molecule has 6 nitrogen and oxygen atoms in total. The number of hydrogen-bond acceptors (Lipinski definition) is 5. The van der Waals surface area contributed by atoms with E-state index in [1.54, 1.807) is 27.0 Å². The first kappa shape index (κ1) is 17.6. The second kappa shape index (κ2) is 6.56. The van der Waals surface area contributed by atoms with Crippen LogP contribution in [0, 0.1) is 0 Å². The number of sulfone groups is 1. The molecule has 5 rings (SSSR count). The summed E-state index contributed by atoms with van der Waals surface area (Å²) in [5.74, 6) is 0.111. The smallest absolute Gasteiger partial charge is 0.278 e. The van der Waals surface area contributed by atoms with E-state index >= 15 is 0 Å². The normalized spacial score (nSPS) is 20.4. The highest BCUT2D eigenvalue weighted by molar-refractivity contribution is 7.91. The lowest BCUT2D eigenvalue weighted by molar-refractivity contribution is 0.0983. The summed E-state index contributed by atoms with van der Waals surface area (Å²) < 4.78 is 25.7. The summed E-state index contributed by atoms with van der Waals surface area (Å²) in [4.78, 5) is 16.0. The van der Waals surface area contributed by atoms with Crippen LogP contribution in [0.15, 0.2) is 47.8 Å². The van der Waals surface area contributed by atoms with Crippen LogP contribution in [0.1, 0.15) is 28.5 Å². The molecule has 28 heavy (non-hydrogen) atoms. The highest BCUT2D eigenvalue weighted by Gasteiger charge is 2.33. The van der Waals surface area contributed by atoms with E-state index in [9.17, 15) is 13.2 Å². The first-order valence-electron chi connectivity index (χ1n) is 9.25. The van der Waals surface area contributed by atoms with Gasteiger partial charge in [0, 0.05) is 12.2 Å². The Balaban J connectivity index is 1.54. The van der Waals surface area contributed by atoms with Crippen LogP contribution in [0.3, 0.4) is 0 Å². The zero-order chi connectivity index (χ0) is 19.3. The van der Waals surface area contributed by atoms with Crippen molar-refractivity contribution in [1.82, 2.24) is 9.78 Å². The average molecular weight is 414 g/mol. The zero-order valence-electron chi connectivity index (χ0n) is 15.1. The van der Waals surface area contributed by atoms with Crippen molar-refractivity contribution in [3.63, 3.8) is 0 Å². The number of carbonyl (C=O) groups excluding carboxylic acids is 1. The Morgan fingerprint density at radius 3 is 2.79 bits per heavy atom. The predicted octanol–water partition coefficient (Wildman–Crippen LogP) is 3.17. The third-order valence-corrected chi connectivity index (χ3v) is 8.06. The second-order valence-corrected chi connectivity index (χ2v) is 10.4. The van der Waals surface area contributed by atoms with Gasteiger partial charge in [-0.15, -0.1) is 11.3 Å². The van der Waals surface area contributed by atoms with Gasteiger partial charge in [0.15, 0.2) is 15.5 Å². The van der Waals surface area contributed by atoms with Gasteiger partial charge in [-0.1, -0.05) is 24.3 Å². The topological polar surface area (TPSA) is 72.3 Å². The summed E-state index contributed by atoms with van der Waals surface area (Å²) in [5.41, 5.74) is 3.27. The van der Waals surface area contributed by atoms with Crippen LogP contribution >= 0.6 is 11.3 Å². The average Bonchev–Trinajstić information content (AvgIpc) is 3.45. The monoisotopic (exact) mass is 413 g/mol. The maximum absolute atomic E-state index is 13.2. The quantitative estimate of drug-likeness (QED) is 0.661. The molecule has 1 fully saturated rings. The lowest BCUT2D eigenvalue weighted by atomic mass is 10.2. The standard InChI is InChI=1S/C20H19N3O3S2/c24-20(22-9-7-14-4-1-2-5-17(14)22)16-12-18(19-6-3-10-27-19)23(21-16)15-8-11-28(25,26)13-15/h1-6,10,12,15H,7-9,11,13H2/t15-/m0/s1. The van der Waals surface area contributed by atoms with Crippen LogP contribution in [0.4, 0.5) is 5.69 Å². The number of aromatic nitrogens is 2. The fourth-order valence-electron chi connectivity index (χ4n) is 4.04. The molecule has 2 aromatic heterocycles. The molecule has 0 N–H and O–H groups in total. The summed E-state index contributed by atoms with van der Waals surface area (Å²) in [7, 11) is -3.05. The van der Waals surface area contributed by atoms with Gasteiger partial charge in [0.05, 0.1) is 28.1 Å². The molecule has 1 amide bonds. The maximum Gasteiger partial charge on any atom is 0.278 e. The Labute approximate surface area is 167 Å². The van der Waals surface area contributed by atoms with E-state index in [-0.39, 0.29) is 23.5 Å². The van der Waals surface area contributed by atoms with Crippen molar-refractivity contribution in [2.24, 2.45) is 0 Å². The van der Waals surface area contributed by atoms with Crippen molar-refractivity contribution < 1.29 is 13.2 Å². The number of benzene rings is 1. The van der Waals surface area contributed by atoms with E-state index < -0.39 is 9.84 Å². The van der Waals surface area contributed by atoms with Crippen molar-refractivity contribution in [2.45, 2.75) is 18.9 Å². The number of anilines is 1. The SMILES string of the molecule is O=C(c1cc(-c2cccs2)n([C@H]2CCS(=O)(=O)C2)n1)N1CCc2ccccc21. The lowest BCUT2D eigenvalue weighted by Crippen LogP contribution is -2.29. The molecule has 1 atom stereocenters. The fourth-order valence-corrected chi connectivity index (χ4v) is 6.47.